The Labute approximate surface area is 121 Å². The number of aromatic nitrogens is 1. The number of hydrogen-bond donors (Lipinski definition) is 2. The zero-order valence-electron chi connectivity index (χ0n) is 11.4. The van der Waals surface area contributed by atoms with E-state index in [0.717, 1.165) is 6.20 Å². The topological polar surface area (TPSA) is 94.3 Å². The third-order valence-electron chi connectivity index (χ3n) is 2.86. The Morgan fingerprint density at radius 2 is 2.10 bits per heavy atom. The number of benzene rings is 1. The van der Waals surface area contributed by atoms with Gasteiger partial charge in [0.2, 0.25) is 0 Å². The number of rotatable bonds is 4. The normalized spacial score (nSPS) is 11.2. The largest absolute Gasteiger partial charge is 0.495 e. The van der Waals surface area contributed by atoms with Gasteiger partial charge in [0.05, 0.1) is 19.0 Å². The highest BCUT2D eigenvalue weighted by atomic mass is 32.2. The van der Waals surface area contributed by atoms with Crippen LogP contribution >= 0.6 is 0 Å². The lowest BCUT2D eigenvalue weighted by atomic mass is 10.2. The van der Waals surface area contributed by atoms with Crippen LogP contribution in [0.4, 0.5) is 15.8 Å². The first kappa shape index (κ1) is 15.0. The first-order chi connectivity index (χ1) is 9.85. The molecule has 0 saturated heterocycles. The van der Waals surface area contributed by atoms with Gasteiger partial charge in [0.25, 0.3) is 10.0 Å². The Hall–Kier alpha value is -2.35. The predicted molar refractivity (Wildman–Crippen MR) is 77.1 cm³/mol. The molecule has 2 aromatic rings. The molecule has 0 unspecified atom stereocenters. The standard InChI is InChI=1S/C13H14FN3O3S/c1-8-5-12(20-2)13(6-10(8)15)21(18,19)17-11-3-4-16-7-9(11)14/h3-7H,15H2,1-2H3,(H,16,17). The number of nitrogens with two attached hydrogens (primary N) is 1. The minimum absolute atomic E-state index is 0.128. The lowest BCUT2D eigenvalue weighted by molar-refractivity contribution is 0.402. The Morgan fingerprint density at radius 3 is 2.71 bits per heavy atom. The van der Waals surface area contributed by atoms with Gasteiger partial charge < -0.3 is 10.5 Å². The van der Waals surface area contributed by atoms with Crippen LogP contribution in [-0.2, 0) is 10.0 Å². The number of aryl methyl sites for hydroxylation is 1. The number of pyridine rings is 1. The van der Waals surface area contributed by atoms with Crippen LogP contribution in [0.1, 0.15) is 5.56 Å². The average Bonchev–Trinajstić information content (AvgIpc) is 2.43. The molecule has 1 aromatic carbocycles. The number of ether oxygens (including phenoxy) is 1. The smallest absolute Gasteiger partial charge is 0.265 e. The molecular formula is C13H14FN3O3S. The van der Waals surface area contributed by atoms with Crippen molar-refractivity contribution >= 4 is 21.4 Å². The molecule has 112 valence electrons. The zero-order valence-corrected chi connectivity index (χ0v) is 12.2. The van der Waals surface area contributed by atoms with Gasteiger partial charge in [0.1, 0.15) is 10.6 Å². The average molecular weight is 311 g/mol. The fourth-order valence-corrected chi connectivity index (χ4v) is 2.96. The molecule has 8 heteroatoms. The summed E-state index contributed by atoms with van der Waals surface area (Å²) in [5, 5.41) is 0. The molecule has 0 aliphatic carbocycles. The molecule has 0 amide bonds. The van der Waals surface area contributed by atoms with Gasteiger partial charge in [-0.3, -0.25) is 9.71 Å². The third-order valence-corrected chi connectivity index (χ3v) is 4.25. The lowest BCUT2D eigenvalue weighted by Crippen LogP contribution is -2.15. The van der Waals surface area contributed by atoms with E-state index in [1.165, 1.54) is 31.5 Å². The summed E-state index contributed by atoms with van der Waals surface area (Å²) in [5.41, 5.74) is 6.51. The fraction of sp³-hybridized carbons (Fsp3) is 0.154. The third kappa shape index (κ3) is 3.05. The minimum atomic E-state index is -4.04. The molecular weight excluding hydrogens is 297 g/mol. The minimum Gasteiger partial charge on any atom is -0.495 e. The molecule has 6 nitrogen and oxygen atoms in total. The van der Waals surface area contributed by atoms with Crippen LogP contribution in [0, 0.1) is 12.7 Å². The quantitative estimate of drug-likeness (QED) is 0.841. The van der Waals surface area contributed by atoms with E-state index in [4.69, 9.17) is 10.5 Å². The lowest BCUT2D eigenvalue weighted by Gasteiger charge is -2.13. The summed E-state index contributed by atoms with van der Waals surface area (Å²) in [6.45, 7) is 1.73. The number of methoxy groups -OCH3 is 1. The first-order valence-electron chi connectivity index (χ1n) is 5.91. The van der Waals surface area contributed by atoms with Crippen molar-refractivity contribution in [2.75, 3.05) is 17.6 Å². The summed E-state index contributed by atoms with van der Waals surface area (Å²) in [5.74, 6) is -0.649. The van der Waals surface area contributed by atoms with E-state index < -0.39 is 15.8 Å². The molecule has 1 heterocycles. The SMILES string of the molecule is COc1cc(C)c(N)cc1S(=O)(=O)Nc1ccncc1F. The molecule has 21 heavy (non-hydrogen) atoms. The molecule has 0 aliphatic rings. The van der Waals surface area contributed by atoms with Gasteiger partial charge in [-0.25, -0.2) is 12.8 Å². The van der Waals surface area contributed by atoms with Crippen LogP contribution in [0.2, 0.25) is 0 Å². The van der Waals surface area contributed by atoms with Gasteiger partial charge >= 0.3 is 0 Å². The van der Waals surface area contributed by atoms with E-state index in [0.29, 0.717) is 11.3 Å². The van der Waals surface area contributed by atoms with Gasteiger partial charge in [-0.15, -0.1) is 0 Å². The van der Waals surface area contributed by atoms with Crippen molar-refractivity contribution in [1.82, 2.24) is 4.98 Å². The Kier molecular flexibility index (Phi) is 3.99. The summed E-state index contributed by atoms with van der Waals surface area (Å²) in [6, 6.07) is 4.00. The molecule has 3 N–H and O–H groups in total. The monoisotopic (exact) mass is 311 g/mol. The molecule has 1 aromatic heterocycles. The molecule has 0 spiro atoms. The van der Waals surface area contributed by atoms with Gasteiger partial charge in [-0.05, 0) is 30.7 Å². The summed E-state index contributed by atoms with van der Waals surface area (Å²) < 4.78 is 45.4. The van der Waals surface area contributed by atoms with Crippen molar-refractivity contribution in [3.8, 4) is 5.75 Å². The zero-order chi connectivity index (χ0) is 15.6. The number of halogens is 1. The summed E-state index contributed by atoms with van der Waals surface area (Å²) in [4.78, 5) is 3.39. The summed E-state index contributed by atoms with van der Waals surface area (Å²) in [6.07, 6.45) is 2.19. The number of nitrogen functional groups attached to an aromatic ring is 1. The van der Waals surface area contributed by atoms with Gasteiger partial charge in [0.15, 0.2) is 5.82 Å². The van der Waals surface area contributed by atoms with E-state index in [1.54, 1.807) is 6.92 Å². The van der Waals surface area contributed by atoms with Crippen LogP contribution < -0.4 is 15.2 Å². The molecule has 2 rings (SSSR count). The predicted octanol–water partition coefficient (Wildman–Crippen LogP) is 1.92. The maximum Gasteiger partial charge on any atom is 0.265 e. The summed E-state index contributed by atoms with van der Waals surface area (Å²) in [7, 11) is -2.70. The molecule has 0 atom stereocenters. The van der Waals surface area contributed by atoms with Crippen molar-refractivity contribution in [3.63, 3.8) is 0 Å². The number of sulfonamides is 1. The van der Waals surface area contributed by atoms with Crippen LogP contribution in [0.3, 0.4) is 0 Å². The van der Waals surface area contributed by atoms with Gasteiger partial charge in [-0.2, -0.15) is 0 Å². The number of hydrogen-bond acceptors (Lipinski definition) is 5. The molecule has 0 aliphatic heterocycles. The highest BCUT2D eigenvalue weighted by Crippen LogP contribution is 2.30. The Bertz CT molecular complexity index is 778. The van der Waals surface area contributed by atoms with E-state index in [9.17, 15) is 12.8 Å². The van der Waals surface area contributed by atoms with E-state index in [-0.39, 0.29) is 16.3 Å². The van der Waals surface area contributed by atoms with Gasteiger partial charge in [0, 0.05) is 11.9 Å². The highest BCUT2D eigenvalue weighted by Gasteiger charge is 2.22. The van der Waals surface area contributed by atoms with Crippen LogP contribution in [0.15, 0.2) is 35.5 Å². The molecule has 0 fully saturated rings. The second-order valence-electron chi connectivity index (χ2n) is 4.32. The highest BCUT2D eigenvalue weighted by molar-refractivity contribution is 7.92. The molecule has 0 radical (unpaired) electrons. The van der Waals surface area contributed by atoms with Crippen molar-refractivity contribution < 1.29 is 17.5 Å². The fourth-order valence-electron chi connectivity index (χ4n) is 1.70. The summed E-state index contributed by atoms with van der Waals surface area (Å²) >= 11 is 0. The first-order valence-corrected chi connectivity index (χ1v) is 7.40. The Balaban J connectivity index is 2.50. The van der Waals surface area contributed by atoms with E-state index in [2.05, 4.69) is 9.71 Å². The van der Waals surface area contributed by atoms with E-state index in [1.807, 2.05) is 0 Å². The number of anilines is 2. The van der Waals surface area contributed by atoms with Crippen molar-refractivity contribution in [3.05, 3.63) is 42.0 Å². The maximum atomic E-state index is 13.5. The van der Waals surface area contributed by atoms with Crippen molar-refractivity contribution in [2.45, 2.75) is 11.8 Å². The second kappa shape index (κ2) is 5.57. The number of nitrogens with zero attached hydrogens (tertiary/aromatic N) is 1. The van der Waals surface area contributed by atoms with Crippen molar-refractivity contribution in [2.24, 2.45) is 0 Å². The maximum absolute atomic E-state index is 13.5. The number of nitrogens with one attached hydrogen (secondary N) is 1. The Morgan fingerprint density at radius 1 is 1.38 bits per heavy atom. The van der Waals surface area contributed by atoms with Crippen molar-refractivity contribution in [1.29, 1.82) is 0 Å². The molecule has 0 bridgehead atoms. The molecule has 0 saturated carbocycles. The van der Waals surface area contributed by atoms with Crippen LogP contribution in [0.5, 0.6) is 5.75 Å². The van der Waals surface area contributed by atoms with E-state index >= 15 is 0 Å². The second-order valence-corrected chi connectivity index (χ2v) is 5.97. The van der Waals surface area contributed by atoms with Gasteiger partial charge in [-0.1, -0.05) is 0 Å². The van der Waals surface area contributed by atoms with Crippen LogP contribution in [0.25, 0.3) is 0 Å². The van der Waals surface area contributed by atoms with Crippen LogP contribution in [-0.4, -0.2) is 20.5 Å².